The minimum absolute atomic E-state index is 0.0841. The number of nitrogens with zero attached hydrogens (tertiary/aromatic N) is 1. The molecule has 1 saturated carbocycles. The Morgan fingerprint density at radius 1 is 1.33 bits per heavy atom. The number of hydrogen-bond acceptors (Lipinski definition) is 3. The summed E-state index contributed by atoms with van der Waals surface area (Å²) in [5, 5.41) is 12.0. The van der Waals surface area contributed by atoms with Gasteiger partial charge < -0.3 is 15.3 Å². The van der Waals surface area contributed by atoms with Crippen LogP contribution < -0.4 is 10.2 Å². The van der Waals surface area contributed by atoms with E-state index < -0.39 is 11.6 Å². The van der Waals surface area contributed by atoms with E-state index in [2.05, 4.69) is 5.32 Å². The highest BCUT2D eigenvalue weighted by molar-refractivity contribution is 5.50. The minimum Gasteiger partial charge on any atom is -0.395 e. The van der Waals surface area contributed by atoms with Crippen LogP contribution in [0.2, 0.25) is 0 Å². The largest absolute Gasteiger partial charge is 0.395 e. The number of aliphatic hydroxyl groups is 1. The average molecular weight is 256 g/mol. The summed E-state index contributed by atoms with van der Waals surface area (Å²) >= 11 is 0. The molecule has 0 aromatic heterocycles. The van der Waals surface area contributed by atoms with E-state index in [9.17, 15) is 8.78 Å². The van der Waals surface area contributed by atoms with Crippen molar-refractivity contribution in [1.29, 1.82) is 0 Å². The van der Waals surface area contributed by atoms with Crippen molar-refractivity contribution in [2.45, 2.75) is 25.4 Å². The molecule has 1 aromatic rings. The van der Waals surface area contributed by atoms with Crippen LogP contribution in [0.25, 0.3) is 0 Å². The first-order chi connectivity index (χ1) is 8.61. The first-order valence-corrected chi connectivity index (χ1v) is 6.15. The fourth-order valence-electron chi connectivity index (χ4n) is 1.90. The Bertz CT molecular complexity index is 398. The van der Waals surface area contributed by atoms with Gasteiger partial charge >= 0.3 is 0 Å². The molecule has 2 N–H and O–H groups in total. The SMILES string of the molecule is CN(CCO)c1c(F)cc(CNC2CC2)cc1F. The van der Waals surface area contributed by atoms with Crippen LogP contribution in [0, 0.1) is 11.6 Å². The number of halogens is 2. The fraction of sp³-hybridized carbons (Fsp3) is 0.538. The maximum absolute atomic E-state index is 13.8. The molecule has 0 radical (unpaired) electrons. The molecule has 0 atom stereocenters. The van der Waals surface area contributed by atoms with Crippen molar-refractivity contribution >= 4 is 5.69 Å². The molecular weight excluding hydrogens is 238 g/mol. The molecule has 0 spiro atoms. The third-order valence-corrected chi connectivity index (χ3v) is 3.07. The lowest BCUT2D eigenvalue weighted by atomic mass is 10.1. The maximum Gasteiger partial charge on any atom is 0.149 e. The lowest BCUT2D eigenvalue weighted by Gasteiger charge is -2.20. The zero-order valence-corrected chi connectivity index (χ0v) is 10.4. The Labute approximate surface area is 105 Å². The minimum atomic E-state index is -0.585. The topological polar surface area (TPSA) is 35.5 Å². The van der Waals surface area contributed by atoms with Crippen LogP contribution in [0.3, 0.4) is 0 Å². The fourth-order valence-corrected chi connectivity index (χ4v) is 1.90. The summed E-state index contributed by atoms with van der Waals surface area (Å²) in [5.74, 6) is -1.17. The second kappa shape index (κ2) is 5.63. The number of hydrogen-bond donors (Lipinski definition) is 2. The van der Waals surface area contributed by atoms with E-state index in [0.717, 1.165) is 12.8 Å². The summed E-state index contributed by atoms with van der Waals surface area (Å²) in [6, 6.07) is 3.21. The lowest BCUT2D eigenvalue weighted by molar-refractivity contribution is 0.303. The Morgan fingerprint density at radius 3 is 2.44 bits per heavy atom. The highest BCUT2D eigenvalue weighted by atomic mass is 19.1. The summed E-state index contributed by atoms with van der Waals surface area (Å²) in [6.07, 6.45) is 2.28. The monoisotopic (exact) mass is 256 g/mol. The van der Waals surface area contributed by atoms with Gasteiger partial charge in [-0.25, -0.2) is 8.78 Å². The highest BCUT2D eigenvalue weighted by Crippen LogP contribution is 2.25. The van der Waals surface area contributed by atoms with Crippen LogP contribution in [-0.2, 0) is 6.54 Å². The second-order valence-corrected chi connectivity index (χ2v) is 4.71. The Kier molecular flexibility index (Phi) is 4.14. The first-order valence-electron chi connectivity index (χ1n) is 6.15. The van der Waals surface area contributed by atoms with Crippen molar-refractivity contribution < 1.29 is 13.9 Å². The number of anilines is 1. The molecule has 18 heavy (non-hydrogen) atoms. The standard InChI is InChI=1S/C13H18F2N2O/c1-17(4-5-18)13-11(14)6-9(7-12(13)15)8-16-10-2-3-10/h6-7,10,16,18H,2-5,8H2,1H3. The van der Waals surface area contributed by atoms with Gasteiger partial charge in [0.2, 0.25) is 0 Å². The van der Waals surface area contributed by atoms with Gasteiger partial charge in [-0.3, -0.25) is 0 Å². The van der Waals surface area contributed by atoms with Gasteiger partial charge in [-0.1, -0.05) is 0 Å². The molecular formula is C13H18F2N2O. The van der Waals surface area contributed by atoms with Gasteiger partial charge in [0.1, 0.15) is 17.3 Å². The van der Waals surface area contributed by atoms with E-state index in [1.165, 1.54) is 17.0 Å². The molecule has 3 nitrogen and oxygen atoms in total. The summed E-state index contributed by atoms with van der Waals surface area (Å²) in [6.45, 7) is 0.552. The molecule has 1 aliphatic carbocycles. The lowest BCUT2D eigenvalue weighted by Crippen LogP contribution is -2.24. The number of benzene rings is 1. The molecule has 0 bridgehead atoms. The number of nitrogens with one attached hydrogen (secondary N) is 1. The molecule has 1 fully saturated rings. The summed E-state index contributed by atoms with van der Waals surface area (Å²) < 4.78 is 27.7. The Hall–Kier alpha value is -1.20. The smallest absolute Gasteiger partial charge is 0.149 e. The quantitative estimate of drug-likeness (QED) is 0.812. The van der Waals surface area contributed by atoms with E-state index in [0.29, 0.717) is 18.2 Å². The van der Waals surface area contributed by atoms with Crippen LogP contribution in [0.4, 0.5) is 14.5 Å². The molecule has 100 valence electrons. The normalized spacial score (nSPS) is 14.9. The molecule has 0 saturated heterocycles. The molecule has 0 aliphatic heterocycles. The molecule has 2 rings (SSSR count). The van der Waals surface area contributed by atoms with Gasteiger partial charge in [-0.15, -0.1) is 0 Å². The third kappa shape index (κ3) is 3.17. The predicted octanol–water partition coefficient (Wildman–Crippen LogP) is 1.65. The first kappa shape index (κ1) is 13.2. The predicted molar refractivity (Wildman–Crippen MR) is 66.6 cm³/mol. The van der Waals surface area contributed by atoms with E-state index >= 15 is 0 Å². The van der Waals surface area contributed by atoms with Crippen LogP contribution in [0.1, 0.15) is 18.4 Å². The van der Waals surface area contributed by atoms with Gasteiger partial charge in [0.15, 0.2) is 0 Å². The van der Waals surface area contributed by atoms with Gasteiger partial charge in [0, 0.05) is 26.2 Å². The van der Waals surface area contributed by atoms with Gasteiger partial charge in [0.05, 0.1) is 6.61 Å². The zero-order valence-electron chi connectivity index (χ0n) is 10.4. The zero-order chi connectivity index (χ0) is 13.1. The van der Waals surface area contributed by atoms with Crippen molar-refractivity contribution in [2.75, 3.05) is 25.1 Å². The highest BCUT2D eigenvalue weighted by Gasteiger charge is 2.21. The van der Waals surface area contributed by atoms with Gasteiger partial charge in [0.25, 0.3) is 0 Å². The number of rotatable bonds is 6. The van der Waals surface area contributed by atoms with Gasteiger partial charge in [-0.2, -0.15) is 0 Å². The van der Waals surface area contributed by atoms with Crippen LogP contribution in [0.5, 0.6) is 0 Å². The molecule has 1 aliphatic rings. The van der Waals surface area contributed by atoms with E-state index in [1.54, 1.807) is 7.05 Å². The summed E-state index contributed by atoms with van der Waals surface area (Å²) in [4.78, 5) is 1.38. The maximum atomic E-state index is 13.8. The number of likely N-dealkylation sites (N-methyl/N-ethyl adjacent to an activating group) is 1. The molecule has 0 heterocycles. The van der Waals surface area contributed by atoms with Crippen molar-refractivity contribution in [1.82, 2.24) is 5.32 Å². The molecule has 0 unspecified atom stereocenters. The molecule has 5 heteroatoms. The Morgan fingerprint density at radius 2 is 1.94 bits per heavy atom. The van der Waals surface area contributed by atoms with Crippen molar-refractivity contribution in [3.63, 3.8) is 0 Å². The Balaban J connectivity index is 2.11. The average Bonchev–Trinajstić information content (AvgIpc) is 3.09. The number of aliphatic hydroxyl groups excluding tert-OH is 1. The van der Waals surface area contributed by atoms with Crippen molar-refractivity contribution in [3.05, 3.63) is 29.3 Å². The van der Waals surface area contributed by atoms with Crippen LogP contribution >= 0.6 is 0 Å². The van der Waals surface area contributed by atoms with Crippen molar-refractivity contribution in [3.8, 4) is 0 Å². The summed E-state index contributed by atoms with van der Waals surface area (Å²) in [5.41, 5.74) is 0.525. The van der Waals surface area contributed by atoms with Gasteiger partial charge in [-0.05, 0) is 30.5 Å². The second-order valence-electron chi connectivity index (χ2n) is 4.71. The van der Waals surface area contributed by atoms with Crippen LogP contribution in [0.15, 0.2) is 12.1 Å². The molecule has 0 amide bonds. The van der Waals surface area contributed by atoms with E-state index in [1.807, 2.05) is 0 Å². The van der Waals surface area contributed by atoms with E-state index in [4.69, 9.17) is 5.11 Å². The molecule has 1 aromatic carbocycles. The van der Waals surface area contributed by atoms with Crippen molar-refractivity contribution in [2.24, 2.45) is 0 Å². The third-order valence-electron chi connectivity index (χ3n) is 3.07. The van der Waals surface area contributed by atoms with E-state index in [-0.39, 0.29) is 18.8 Å². The van der Waals surface area contributed by atoms with Crippen LogP contribution in [-0.4, -0.2) is 31.3 Å². The summed E-state index contributed by atoms with van der Waals surface area (Å²) in [7, 11) is 1.56.